The number of urea groups is 1. The molecule has 4 fully saturated rings. The van der Waals surface area contributed by atoms with Crippen molar-refractivity contribution in [2.45, 2.75) is 83.0 Å². The number of aliphatic hydroxyl groups excluding tert-OH is 1. The molecule has 0 aromatic carbocycles. The van der Waals surface area contributed by atoms with E-state index < -0.39 is 0 Å². The molecule has 0 aromatic heterocycles. The molecular formula is C19H32N2O3. The summed E-state index contributed by atoms with van der Waals surface area (Å²) in [5, 5.41) is 16.6. The van der Waals surface area contributed by atoms with Gasteiger partial charge in [0.1, 0.15) is 0 Å². The number of carbonyl (C=O) groups excluding carboxylic acids is 1. The Morgan fingerprint density at radius 1 is 1.17 bits per heavy atom. The second-order valence-corrected chi connectivity index (χ2v) is 8.90. The smallest absolute Gasteiger partial charge is 0.315 e. The van der Waals surface area contributed by atoms with Gasteiger partial charge in [0.05, 0.1) is 12.2 Å². The number of nitrogens with one attached hydrogen (secondary N) is 2. The SMILES string of the molecule is CC1(CNC(=O)NC2C3CCOC3C23CCCC3)CCCCC1O. The minimum Gasteiger partial charge on any atom is -0.392 e. The first kappa shape index (κ1) is 16.6. The number of amides is 2. The molecule has 1 heterocycles. The third-order valence-electron chi connectivity index (χ3n) is 7.51. The highest BCUT2D eigenvalue weighted by molar-refractivity contribution is 5.74. The van der Waals surface area contributed by atoms with Crippen LogP contribution < -0.4 is 10.6 Å². The lowest BCUT2D eigenvalue weighted by Crippen LogP contribution is -2.69. The minimum absolute atomic E-state index is 0.0596. The molecule has 136 valence electrons. The highest BCUT2D eigenvalue weighted by Gasteiger charge is 2.65. The van der Waals surface area contributed by atoms with Crippen molar-refractivity contribution < 1.29 is 14.6 Å². The zero-order valence-electron chi connectivity index (χ0n) is 14.9. The molecule has 5 nitrogen and oxygen atoms in total. The number of hydrogen-bond acceptors (Lipinski definition) is 3. The van der Waals surface area contributed by atoms with E-state index in [1.54, 1.807) is 0 Å². The third-order valence-corrected chi connectivity index (χ3v) is 7.51. The van der Waals surface area contributed by atoms with Crippen LogP contribution in [0.2, 0.25) is 0 Å². The van der Waals surface area contributed by atoms with Crippen LogP contribution in [0.3, 0.4) is 0 Å². The van der Waals surface area contributed by atoms with Crippen LogP contribution in [0.5, 0.6) is 0 Å². The molecule has 5 unspecified atom stereocenters. The number of aliphatic hydroxyl groups is 1. The molecule has 3 saturated carbocycles. The standard InChI is InChI=1S/C19H32N2O3/c1-18(8-3-2-6-14(18)22)12-20-17(23)21-15-13-7-11-24-16(13)19(15)9-4-5-10-19/h13-16,22H,2-12H2,1H3,(H2,20,21,23). The van der Waals surface area contributed by atoms with Crippen molar-refractivity contribution in [3.63, 3.8) is 0 Å². The van der Waals surface area contributed by atoms with Crippen LogP contribution in [-0.2, 0) is 4.74 Å². The normalized spacial score (nSPS) is 43.2. The fraction of sp³-hybridized carbons (Fsp3) is 0.947. The van der Waals surface area contributed by atoms with E-state index in [0.29, 0.717) is 18.6 Å². The quantitative estimate of drug-likeness (QED) is 0.742. The van der Waals surface area contributed by atoms with Crippen LogP contribution in [0, 0.1) is 16.7 Å². The zero-order valence-corrected chi connectivity index (χ0v) is 14.9. The summed E-state index contributed by atoms with van der Waals surface area (Å²) >= 11 is 0. The highest BCUT2D eigenvalue weighted by Crippen LogP contribution is 2.60. The van der Waals surface area contributed by atoms with Gasteiger partial charge < -0.3 is 20.5 Å². The second kappa shape index (κ2) is 6.17. The maximum atomic E-state index is 12.5. The topological polar surface area (TPSA) is 70.6 Å². The van der Waals surface area contributed by atoms with Gasteiger partial charge in [-0.3, -0.25) is 0 Å². The van der Waals surface area contributed by atoms with Gasteiger partial charge in [0.15, 0.2) is 0 Å². The van der Waals surface area contributed by atoms with Crippen molar-refractivity contribution in [3.05, 3.63) is 0 Å². The molecule has 1 aliphatic heterocycles. The van der Waals surface area contributed by atoms with Crippen molar-refractivity contribution in [2.75, 3.05) is 13.2 Å². The van der Waals surface area contributed by atoms with Gasteiger partial charge in [-0.05, 0) is 32.1 Å². The van der Waals surface area contributed by atoms with Gasteiger partial charge in [-0.2, -0.15) is 0 Å². The van der Waals surface area contributed by atoms with Crippen molar-refractivity contribution in [3.8, 4) is 0 Å². The molecule has 3 N–H and O–H groups in total. The molecule has 4 aliphatic rings. The molecule has 2 amide bonds. The van der Waals surface area contributed by atoms with E-state index in [0.717, 1.165) is 38.7 Å². The van der Waals surface area contributed by atoms with E-state index in [4.69, 9.17) is 4.74 Å². The number of hydrogen-bond donors (Lipinski definition) is 3. The Kier molecular flexibility index (Phi) is 4.28. The van der Waals surface area contributed by atoms with Gasteiger partial charge in [0, 0.05) is 35.9 Å². The second-order valence-electron chi connectivity index (χ2n) is 8.90. The summed E-state index contributed by atoms with van der Waals surface area (Å²) in [5.74, 6) is 0.504. The van der Waals surface area contributed by atoms with Gasteiger partial charge in [-0.1, -0.05) is 32.6 Å². The first-order valence-corrected chi connectivity index (χ1v) is 9.89. The molecular weight excluding hydrogens is 304 g/mol. The molecule has 5 heteroatoms. The van der Waals surface area contributed by atoms with E-state index in [1.807, 2.05) is 0 Å². The van der Waals surface area contributed by atoms with Crippen LogP contribution in [0.4, 0.5) is 4.79 Å². The lowest BCUT2D eigenvalue weighted by Gasteiger charge is -2.56. The lowest BCUT2D eigenvalue weighted by molar-refractivity contribution is -0.126. The lowest BCUT2D eigenvalue weighted by atomic mass is 9.54. The van der Waals surface area contributed by atoms with Gasteiger partial charge >= 0.3 is 6.03 Å². The van der Waals surface area contributed by atoms with E-state index in [-0.39, 0.29) is 29.0 Å². The maximum Gasteiger partial charge on any atom is 0.315 e. The first-order valence-electron chi connectivity index (χ1n) is 9.89. The summed E-state index contributed by atoms with van der Waals surface area (Å²) in [6.07, 6.45) is 10.1. The molecule has 0 bridgehead atoms. The number of rotatable bonds is 3. The summed E-state index contributed by atoms with van der Waals surface area (Å²) in [7, 11) is 0. The number of ether oxygens (including phenoxy) is 1. The Morgan fingerprint density at radius 3 is 2.67 bits per heavy atom. The van der Waals surface area contributed by atoms with Crippen LogP contribution >= 0.6 is 0 Å². The molecule has 4 rings (SSSR count). The van der Waals surface area contributed by atoms with Crippen LogP contribution in [-0.4, -0.2) is 42.5 Å². The number of carbonyl (C=O) groups is 1. The summed E-state index contributed by atoms with van der Waals surface area (Å²) in [6, 6.07) is 0.215. The Labute approximate surface area is 144 Å². The molecule has 0 radical (unpaired) electrons. The Hall–Kier alpha value is -0.810. The first-order chi connectivity index (χ1) is 11.6. The minimum atomic E-state index is -0.302. The summed E-state index contributed by atoms with van der Waals surface area (Å²) in [5.41, 5.74) is 0.0199. The Balaban J connectivity index is 1.34. The third kappa shape index (κ3) is 2.55. The van der Waals surface area contributed by atoms with Gasteiger partial charge in [-0.25, -0.2) is 4.79 Å². The van der Waals surface area contributed by atoms with Gasteiger partial charge in [0.25, 0.3) is 0 Å². The van der Waals surface area contributed by atoms with Gasteiger partial charge in [0.2, 0.25) is 0 Å². The van der Waals surface area contributed by atoms with Crippen LogP contribution in [0.1, 0.15) is 64.7 Å². The van der Waals surface area contributed by atoms with Gasteiger partial charge in [-0.15, -0.1) is 0 Å². The molecule has 24 heavy (non-hydrogen) atoms. The van der Waals surface area contributed by atoms with Crippen molar-refractivity contribution in [2.24, 2.45) is 16.7 Å². The van der Waals surface area contributed by atoms with Crippen molar-refractivity contribution in [1.82, 2.24) is 10.6 Å². The Bertz CT molecular complexity index is 491. The molecule has 1 saturated heterocycles. The maximum absolute atomic E-state index is 12.5. The summed E-state index contributed by atoms with van der Waals surface area (Å²) in [4.78, 5) is 12.5. The van der Waals surface area contributed by atoms with E-state index in [2.05, 4.69) is 17.6 Å². The summed E-state index contributed by atoms with van der Waals surface area (Å²) < 4.78 is 5.98. The molecule has 3 aliphatic carbocycles. The van der Waals surface area contributed by atoms with E-state index in [1.165, 1.54) is 25.7 Å². The fourth-order valence-corrected chi connectivity index (χ4v) is 5.97. The Morgan fingerprint density at radius 2 is 1.92 bits per heavy atom. The zero-order chi connectivity index (χ0) is 16.8. The van der Waals surface area contributed by atoms with Crippen LogP contribution in [0.15, 0.2) is 0 Å². The summed E-state index contributed by atoms with van der Waals surface area (Å²) in [6.45, 7) is 3.51. The van der Waals surface area contributed by atoms with Crippen molar-refractivity contribution >= 4 is 6.03 Å². The molecule has 1 spiro atoms. The van der Waals surface area contributed by atoms with Crippen LogP contribution in [0.25, 0.3) is 0 Å². The average Bonchev–Trinajstić information content (AvgIpc) is 3.22. The van der Waals surface area contributed by atoms with E-state index >= 15 is 0 Å². The average molecular weight is 336 g/mol. The van der Waals surface area contributed by atoms with Crippen molar-refractivity contribution in [1.29, 1.82) is 0 Å². The predicted molar refractivity (Wildman–Crippen MR) is 91.7 cm³/mol. The molecule has 5 atom stereocenters. The molecule has 0 aromatic rings. The number of fused-ring (bicyclic) bond motifs is 2. The van der Waals surface area contributed by atoms with E-state index in [9.17, 15) is 9.90 Å². The highest BCUT2D eigenvalue weighted by atomic mass is 16.5. The predicted octanol–water partition coefficient (Wildman–Crippen LogP) is 2.57. The fourth-order valence-electron chi connectivity index (χ4n) is 5.97. The largest absolute Gasteiger partial charge is 0.392 e. The monoisotopic (exact) mass is 336 g/mol.